The fourth-order valence-electron chi connectivity index (χ4n) is 4.17. The zero-order valence-electron chi connectivity index (χ0n) is 14.5. The van der Waals surface area contributed by atoms with Crippen molar-refractivity contribution in [1.82, 2.24) is 14.4 Å². The molecule has 2 aliphatic heterocycles. The molecule has 1 aromatic rings. The second kappa shape index (κ2) is 6.15. The average molecular weight is 355 g/mol. The number of nitrogens with zero attached hydrogens (tertiary/aromatic N) is 3. The summed E-state index contributed by atoms with van der Waals surface area (Å²) >= 11 is 0. The van der Waals surface area contributed by atoms with E-state index in [1.54, 1.807) is 13.8 Å². The second-order valence-electron chi connectivity index (χ2n) is 6.76. The monoisotopic (exact) mass is 355 g/mol. The zero-order valence-corrected chi connectivity index (χ0v) is 15.4. The maximum absolute atomic E-state index is 13.3. The minimum Gasteiger partial charge on any atom is -0.360 e. The van der Waals surface area contributed by atoms with Gasteiger partial charge in [0.15, 0.2) is 5.76 Å². The lowest BCUT2D eigenvalue weighted by Crippen LogP contribution is -2.61. The van der Waals surface area contributed by atoms with Gasteiger partial charge in [-0.2, -0.15) is 4.31 Å². The normalized spacial score (nSPS) is 25.8. The van der Waals surface area contributed by atoms with Crippen LogP contribution >= 0.6 is 0 Å². The Morgan fingerprint density at radius 3 is 2.46 bits per heavy atom. The Morgan fingerprint density at radius 2 is 1.88 bits per heavy atom. The number of amides is 1. The van der Waals surface area contributed by atoms with Crippen LogP contribution in [0.2, 0.25) is 0 Å². The zero-order chi connectivity index (χ0) is 17.5. The Balaban J connectivity index is 2.03. The predicted octanol–water partition coefficient (Wildman–Crippen LogP) is 1.85. The number of hydrogen-bond acceptors (Lipinski definition) is 5. The Kier molecular flexibility index (Phi) is 4.46. The molecule has 0 N–H and O–H groups in total. The highest BCUT2D eigenvalue weighted by atomic mass is 32.2. The summed E-state index contributed by atoms with van der Waals surface area (Å²) in [7, 11) is -3.81. The topological polar surface area (TPSA) is 83.7 Å². The molecule has 134 valence electrons. The number of aromatic nitrogens is 1. The molecule has 3 heterocycles. The third kappa shape index (κ3) is 2.47. The van der Waals surface area contributed by atoms with Crippen molar-refractivity contribution in [3.05, 3.63) is 11.5 Å². The number of aryl methyl sites for hydroxylation is 2. The van der Waals surface area contributed by atoms with Crippen LogP contribution in [0.25, 0.3) is 0 Å². The summed E-state index contributed by atoms with van der Waals surface area (Å²) in [5.74, 6) is 0.242. The third-order valence-corrected chi connectivity index (χ3v) is 7.35. The molecule has 2 fully saturated rings. The van der Waals surface area contributed by atoms with Gasteiger partial charge in [0.25, 0.3) is 0 Å². The Bertz CT molecular complexity index is 721. The van der Waals surface area contributed by atoms with Crippen LogP contribution in [-0.2, 0) is 14.8 Å². The quantitative estimate of drug-likeness (QED) is 0.823. The van der Waals surface area contributed by atoms with Crippen LogP contribution in [0.1, 0.15) is 50.5 Å². The van der Waals surface area contributed by atoms with Gasteiger partial charge >= 0.3 is 0 Å². The molecule has 3 rings (SSSR count). The summed E-state index contributed by atoms with van der Waals surface area (Å²) in [6, 6.07) is 0. The van der Waals surface area contributed by atoms with Gasteiger partial charge in [-0.3, -0.25) is 4.79 Å². The maximum atomic E-state index is 13.3. The van der Waals surface area contributed by atoms with E-state index in [1.807, 2.05) is 11.8 Å². The molecule has 2 aliphatic rings. The van der Waals surface area contributed by atoms with Crippen LogP contribution in [-0.4, -0.2) is 53.9 Å². The van der Waals surface area contributed by atoms with E-state index < -0.39 is 15.6 Å². The number of sulfonamides is 1. The molecular formula is C16H25N3O4S. The molecule has 24 heavy (non-hydrogen) atoms. The van der Waals surface area contributed by atoms with E-state index in [4.69, 9.17) is 4.52 Å². The number of carbonyl (C=O) groups is 1. The van der Waals surface area contributed by atoms with Crippen molar-refractivity contribution < 1.29 is 17.7 Å². The minimum absolute atomic E-state index is 0.0385. The molecule has 8 heteroatoms. The lowest BCUT2D eigenvalue weighted by molar-refractivity contribution is -0.144. The third-order valence-electron chi connectivity index (χ3n) is 5.14. The Morgan fingerprint density at radius 1 is 1.21 bits per heavy atom. The molecule has 0 aromatic carbocycles. The number of hydrogen-bond donors (Lipinski definition) is 0. The van der Waals surface area contributed by atoms with E-state index in [0.29, 0.717) is 44.6 Å². The van der Waals surface area contributed by atoms with Crippen molar-refractivity contribution in [1.29, 1.82) is 0 Å². The number of carbonyl (C=O) groups excluding carboxylic acids is 1. The largest absolute Gasteiger partial charge is 0.360 e. The molecule has 0 bridgehead atoms. The van der Waals surface area contributed by atoms with Crippen molar-refractivity contribution in [3.63, 3.8) is 0 Å². The highest BCUT2D eigenvalue weighted by Crippen LogP contribution is 2.42. The second-order valence-corrected chi connectivity index (χ2v) is 8.56. The van der Waals surface area contributed by atoms with Gasteiger partial charge in [0.05, 0.1) is 0 Å². The van der Waals surface area contributed by atoms with Crippen molar-refractivity contribution in [3.8, 4) is 0 Å². The standard InChI is InChI=1S/C16H25N3O4S/c1-4-9-18-10-5-7-16(15(18)20)8-6-11-19(16)24(21,22)14-12(2)17-23-13(14)3/h4-11H2,1-3H3. The summed E-state index contributed by atoms with van der Waals surface area (Å²) < 4.78 is 33.0. The summed E-state index contributed by atoms with van der Waals surface area (Å²) in [5, 5.41) is 3.77. The molecule has 1 atom stereocenters. The van der Waals surface area contributed by atoms with E-state index >= 15 is 0 Å². The van der Waals surface area contributed by atoms with Gasteiger partial charge in [-0.1, -0.05) is 12.1 Å². The first kappa shape index (κ1) is 17.4. The van der Waals surface area contributed by atoms with Crippen molar-refractivity contribution in [2.45, 2.75) is 63.3 Å². The number of likely N-dealkylation sites (tertiary alicyclic amines) is 1. The van der Waals surface area contributed by atoms with Gasteiger partial charge in [0.2, 0.25) is 15.9 Å². The predicted molar refractivity (Wildman–Crippen MR) is 87.9 cm³/mol. The lowest BCUT2D eigenvalue weighted by Gasteiger charge is -2.43. The fourth-order valence-corrected chi connectivity index (χ4v) is 6.29. The Labute approximate surface area is 143 Å². The van der Waals surface area contributed by atoms with Crippen LogP contribution in [0.3, 0.4) is 0 Å². The van der Waals surface area contributed by atoms with Crippen molar-refractivity contribution in [2.75, 3.05) is 19.6 Å². The van der Waals surface area contributed by atoms with E-state index in [0.717, 1.165) is 12.8 Å². The van der Waals surface area contributed by atoms with Gasteiger partial charge in [-0.15, -0.1) is 0 Å². The van der Waals surface area contributed by atoms with Gasteiger partial charge in [0.1, 0.15) is 16.1 Å². The van der Waals surface area contributed by atoms with Gasteiger partial charge in [0, 0.05) is 19.6 Å². The van der Waals surface area contributed by atoms with Crippen LogP contribution in [0.4, 0.5) is 0 Å². The SMILES string of the molecule is CCCN1CCCC2(CCCN2S(=O)(=O)c2c(C)noc2C)C1=O. The molecular weight excluding hydrogens is 330 g/mol. The molecule has 2 saturated heterocycles. The molecule has 1 aromatic heterocycles. The van der Waals surface area contributed by atoms with Crippen LogP contribution in [0.5, 0.6) is 0 Å². The first-order valence-electron chi connectivity index (χ1n) is 8.59. The van der Waals surface area contributed by atoms with E-state index in [1.165, 1.54) is 4.31 Å². The van der Waals surface area contributed by atoms with Crippen molar-refractivity contribution in [2.24, 2.45) is 0 Å². The molecule has 0 aliphatic carbocycles. The van der Waals surface area contributed by atoms with Crippen LogP contribution < -0.4 is 0 Å². The average Bonchev–Trinajstić information content (AvgIpc) is 3.09. The molecule has 1 unspecified atom stereocenters. The van der Waals surface area contributed by atoms with Gasteiger partial charge in [-0.05, 0) is 46.0 Å². The molecule has 1 amide bonds. The Hall–Kier alpha value is -1.41. The first-order chi connectivity index (χ1) is 11.3. The first-order valence-corrected chi connectivity index (χ1v) is 10.0. The maximum Gasteiger partial charge on any atom is 0.249 e. The smallest absolute Gasteiger partial charge is 0.249 e. The van der Waals surface area contributed by atoms with E-state index in [9.17, 15) is 13.2 Å². The highest BCUT2D eigenvalue weighted by molar-refractivity contribution is 7.89. The van der Waals surface area contributed by atoms with E-state index in [2.05, 4.69) is 5.16 Å². The molecule has 1 spiro atoms. The summed E-state index contributed by atoms with van der Waals surface area (Å²) in [5.41, 5.74) is -0.578. The molecule has 7 nitrogen and oxygen atoms in total. The minimum atomic E-state index is -3.81. The van der Waals surface area contributed by atoms with Gasteiger partial charge in [-0.25, -0.2) is 8.42 Å². The van der Waals surface area contributed by atoms with E-state index in [-0.39, 0.29) is 16.6 Å². The number of piperidine rings is 1. The fraction of sp³-hybridized carbons (Fsp3) is 0.750. The molecule has 0 saturated carbocycles. The van der Waals surface area contributed by atoms with Crippen LogP contribution in [0, 0.1) is 13.8 Å². The summed E-state index contributed by atoms with van der Waals surface area (Å²) in [4.78, 5) is 15.1. The van der Waals surface area contributed by atoms with Crippen LogP contribution in [0.15, 0.2) is 9.42 Å². The highest BCUT2D eigenvalue weighted by Gasteiger charge is 2.56. The molecule has 0 radical (unpaired) electrons. The van der Waals surface area contributed by atoms with Crippen molar-refractivity contribution >= 4 is 15.9 Å². The lowest BCUT2D eigenvalue weighted by atomic mass is 9.86. The number of rotatable bonds is 4. The summed E-state index contributed by atoms with van der Waals surface area (Å²) in [6.07, 6.45) is 3.59. The van der Waals surface area contributed by atoms with Gasteiger partial charge < -0.3 is 9.42 Å². The summed E-state index contributed by atoms with van der Waals surface area (Å²) in [6.45, 7) is 7.02.